The highest BCUT2D eigenvalue weighted by atomic mass is 127. The molecule has 0 spiro atoms. The molecule has 1 aliphatic carbocycles. The average molecular weight is 490 g/mol. The normalized spacial score (nSPS) is 20.7. The van der Waals surface area contributed by atoms with E-state index in [1.807, 2.05) is 25.0 Å². The first-order valence-electron chi connectivity index (χ1n) is 8.95. The average Bonchev–Trinajstić information content (AvgIpc) is 3.03. The van der Waals surface area contributed by atoms with Crippen molar-refractivity contribution in [2.75, 3.05) is 19.8 Å². The van der Waals surface area contributed by atoms with Gasteiger partial charge in [-0.25, -0.2) is 4.39 Å². The van der Waals surface area contributed by atoms with Crippen LogP contribution in [-0.4, -0.2) is 42.1 Å². The van der Waals surface area contributed by atoms with Crippen LogP contribution in [0.2, 0.25) is 0 Å². The zero-order valence-corrected chi connectivity index (χ0v) is 18.5. The monoisotopic (exact) mass is 490 g/mol. The van der Waals surface area contributed by atoms with Gasteiger partial charge in [0.25, 0.3) is 0 Å². The molecule has 1 aromatic carbocycles. The summed E-state index contributed by atoms with van der Waals surface area (Å²) in [5.41, 5.74) is 2.10. The SMILES string of the molecule is CN=C(NCCc1c[nH]c2ccc(F)cc12)NC1CCCC(SC)C1.I. The predicted octanol–water partition coefficient (Wildman–Crippen LogP) is 4.31. The number of H-pyrrole nitrogens is 1. The van der Waals surface area contributed by atoms with Gasteiger partial charge < -0.3 is 15.6 Å². The van der Waals surface area contributed by atoms with E-state index in [9.17, 15) is 4.39 Å². The molecule has 1 aliphatic rings. The third kappa shape index (κ3) is 5.52. The summed E-state index contributed by atoms with van der Waals surface area (Å²) >= 11 is 1.97. The molecule has 1 saturated carbocycles. The van der Waals surface area contributed by atoms with Gasteiger partial charge in [-0.1, -0.05) is 6.42 Å². The van der Waals surface area contributed by atoms with Crippen LogP contribution in [0.1, 0.15) is 31.2 Å². The Morgan fingerprint density at radius 1 is 1.38 bits per heavy atom. The molecular formula is C19H28FIN4S. The van der Waals surface area contributed by atoms with Gasteiger partial charge >= 0.3 is 0 Å². The largest absolute Gasteiger partial charge is 0.361 e. The zero-order chi connectivity index (χ0) is 17.6. The molecule has 2 atom stereocenters. The van der Waals surface area contributed by atoms with Gasteiger partial charge in [0.05, 0.1) is 0 Å². The van der Waals surface area contributed by atoms with E-state index in [1.165, 1.54) is 31.7 Å². The molecule has 26 heavy (non-hydrogen) atoms. The summed E-state index contributed by atoms with van der Waals surface area (Å²) < 4.78 is 13.5. The summed E-state index contributed by atoms with van der Waals surface area (Å²) in [4.78, 5) is 7.55. The van der Waals surface area contributed by atoms with Crippen molar-refractivity contribution < 1.29 is 4.39 Å². The molecule has 0 saturated heterocycles. The second-order valence-corrected chi connectivity index (χ2v) is 7.76. The minimum atomic E-state index is -0.195. The number of halogens is 2. The topological polar surface area (TPSA) is 52.2 Å². The van der Waals surface area contributed by atoms with Crippen molar-refractivity contribution >= 4 is 52.6 Å². The highest BCUT2D eigenvalue weighted by Crippen LogP contribution is 2.26. The molecule has 0 aliphatic heterocycles. The highest BCUT2D eigenvalue weighted by molar-refractivity contribution is 14.0. The summed E-state index contributed by atoms with van der Waals surface area (Å²) in [7, 11) is 1.81. The van der Waals surface area contributed by atoms with Crippen LogP contribution in [0.5, 0.6) is 0 Å². The third-order valence-electron chi connectivity index (χ3n) is 4.94. The Labute approximate surface area is 176 Å². The predicted molar refractivity (Wildman–Crippen MR) is 121 cm³/mol. The number of aromatic nitrogens is 1. The first kappa shape index (κ1) is 21.3. The fraction of sp³-hybridized carbons (Fsp3) is 0.526. The van der Waals surface area contributed by atoms with Crippen molar-refractivity contribution in [1.82, 2.24) is 15.6 Å². The smallest absolute Gasteiger partial charge is 0.191 e. The number of benzene rings is 1. The second kappa shape index (κ2) is 10.4. The number of rotatable bonds is 5. The Morgan fingerprint density at radius 3 is 3.00 bits per heavy atom. The molecule has 7 heteroatoms. The van der Waals surface area contributed by atoms with Gasteiger partial charge in [0.1, 0.15) is 5.82 Å². The van der Waals surface area contributed by atoms with Crippen LogP contribution in [0.25, 0.3) is 10.9 Å². The van der Waals surface area contributed by atoms with Crippen LogP contribution in [0, 0.1) is 5.82 Å². The Hall–Kier alpha value is -0.960. The quantitative estimate of drug-likeness (QED) is 0.333. The second-order valence-electron chi connectivity index (χ2n) is 6.62. The van der Waals surface area contributed by atoms with Crippen molar-refractivity contribution in [1.29, 1.82) is 0 Å². The van der Waals surface area contributed by atoms with Crippen LogP contribution >= 0.6 is 35.7 Å². The minimum absolute atomic E-state index is 0. The lowest BCUT2D eigenvalue weighted by Gasteiger charge is -2.29. The van der Waals surface area contributed by atoms with Gasteiger partial charge in [0.2, 0.25) is 0 Å². The maximum absolute atomic E-state index is 13.5. The van der Waals surface area contributed by atoms with Crippen molar-refractivity contribution in [3.63, 3.8) is 0 Å². The van der Waals surface area contributed by atoms with E-state index in [4.69, 9.17) is 0 Å². The van der Waals surface area contributed by atoms with Crippen LogP contribution < -0.4 is 10.6 Å². The maximum Gasteiger partial charge on any atom is 0.191 e. The summed E-state index contributed by atoms with van der Waals surface area (Å²) in [5.74, 6) is 0.664. The fourth-order valence-corrected chi connectivity index (χ4v) is 4.38. The number of nitrogens with one attached hydrogen (secondary N) is 3. The Balaban J connectivity index is 0.00000243. The summed E-state index contributed by atoms with van der Waals surface area (Å²) in [6.45, 7) is 0.766. The highest BCUT2D eigenvalue weighted by Gasteiger charge is 2.21. The van der Waals surface area contributed by atoms with Crippen molar-refractivity contribution in [3.8, 4) is 0 Å². The number of hydrogen-bond donors (Lipinski definition) is 3. The van der Waals surface area contributed by atoms with E-state index in [2.05, 4.69) is 26.9 Å². The molecule has 3 rings (SSSR count). The Bertz CT molecular complexity index is 733. The third-order valence-corrected chi connectivity index (χ3v) is 6.03. The number of nitrogens with zero attached hydrogens (tertiary/aromatic N) is 1. The summed E-state index contributed by atoms with van der Waals surface area (Å²) in [5, 5.41) is 8.66. The van der Waals surface area contributed by atoms with Crippen LogP contribution in [-0.2, 0) is 6.42 Å². The Kier molecular flexibility index (Phi) is 8.53. The van der Waals surface area contributed by atoms with Gasteiger partial charge in [0, 0.05) is 42.0 Å². The number of aromatic amines is 1. The lowest BCUT2D eigenvalue weighted by atomic mass is 9.95. The zero-order valence-electron chi connectivity index (χ0n) is 15.3. The van der Waals surface area contributed by atoms with Gasteiger partial charge in [0.15, 0.2) is 5.96 Å². The summed E-state index contributed by atoms with van der Waals surface area (Å²) in [6.07, 6.45) is 9.99. The van der Waals surface area contributed by atoms with Gasteiger partial charge in [-0.15, -0.1) is 24.0 Å². The number of thioether (sulfide) groups is 1. The maximum atomic E-state index is 13.5. The molecule has 2 aromatic rings. The molecule has 144 valence electrons. The number of fused-ring (bicyclic) bond motifs is 1. The molecule has 1 fully saturated rings. The van der Waals surface area contributed by atoms with Crippen LogP contribution in [0.3, 0.4) is 0 Å². The van der Waals surface area contributed by atoms with Crippen molar-refractivity contribution in [2.45, 2.75) is 43.4 Å². The van der Waals surface area contributed by atoms with E-state index in [-0.39, 0.29) is 29.8 Å². The van der Waals surface area contributed by atoms with E-state index in [0.717, 1.165) is 40.6 Å². The fourth-order valence-electron chi connectivity index (χ4n) is 3.55. The minimum Gasteiger partial charge on any atom is -0.361 e. The number of hydrogen-bond acceptors (Lipinski definition) is 2. The molecule has 0 amide bonds. The van der Waals surface area contributed by atoms with Gasteiger partial charge in [-0.2, -0.15) is 11.8 Å². The van der Waals surface area contributed by atoms with Crippen LogP contribution in [0.4, 0.5) is 4.39 Å². The molecule has 1 aromatic heterocycles. The van der Waals surface area contributed by atoms with Crippen LogP contribution in [0.15, 0.2) is 29.4 Å². The summed E-state index contributed by atoms with van der Waals surface area (Å²) in [6, 6.07) is 5.37. The molecule has 0 bridgehead atoms. The Morgan fingerprint density at radius 2 is 2.23 bits per heavy atom. The van der Waals surface area contributed by atoms with Crippen molar-refractivity contribution in [3.05, 3.63) is 35.8 Å². The molecule has 4 nitrogen and oxygen atoms in total. The number of aliphatic imine (C=N–C) groups is 1. The molecule has 0 radical (unpaired) electrons. The van der Waals surface area contributed by atoms with E-state index < -0.39 is 0 Å². The lowest BCUT2D eigenvalue weighted by Crippen LogP contribution is -2.46. The van der Waals surface area contributed by atoms with Gasteiger partial charge in [-0.3, -0.25) is 4.99 Å². The molecular weight excluding hydrogens is 462 g/mol. The molecule has 2 unspecified atom stereocenters. The number of guanidine groups is 1. The molecule has 3 N–H and O–H groups in total. The first-order chi connectivity index (χ1) is 12.2. The van der Waals surface area contributed by atoms with E-state index in [0.29, 0.717) is 6.04 Å². The standard InChI is InChI=1S/C19H27FN4S.HI/c1-21-19(24-15-4-3-5-16(11-15)25-2)22-9-8-13-12-23-18-7-6-14(20)10-17(13)18;/h6-7,10,12,15-16,23H,3-5,8-9,11H2,1-2H3,(H2,21,22,24);1H. The van der Waals surface area contributed by atoms with Gasteiger partial charge in [-0.05, 0) is 55.7 Å². The lowest BCUT2D eigenvalue weighted by molar-refractivity contribution is 0.419. The van der Waals surface area contributed by atoms with Crippen molar-refractivity contribution in [2.24, 2.45) is 4.99 Å². The first-order valence-corrected chi connectivity index (χ1v) is 10.2. The van der Waals surface area contributed by atoms with E-state index >= 15 is 0 Å². The molecule has 1 heterocycles. The van der Waals surface area contributed by atoms with E-state index in [1.54, 1.807) is 12.1 Å².